The standard InChI is InChI=1S/C80H74N2/c1-77(2,3)59-33-23-51(24-34-59)57-31-45-72-67(47-57)68-48-58(52-25-35-60(36-26-52)78(4,5)6)32-46-73(68)82(72)71-44-30-56-27-39-65-70(43-29-55-28-40-66(71)76(56)75(55)65)81(62-38-42-63(53-19-15-13-16-20-53)69(50-62)80(10,11)12)74-49-61(79(7,8)9)37-41-64(74)54-21-17-14-18-22-54/h13-50H,1-12H3. The molecule has 1 aromatic heterocycles. The molecular formula is C80H74N2. The van der Waals surface area contributed by atoms with Crippen LogP contribution in [0.5, 0.6) is 0 Å². The lowest BCUT2D eigenvalue weighted by Gasteiger charge is -2.33. The van der Waals surface area contributed by atoms with Crippen molar-refractivity contribution in [1.82, 2.24) is 4.57 Å². The summed E-state index contributed by atoms with van der Waals surface area (Å²) in [5, 5.41) is 9.91. The van der Waals surface area contributed by atoms with E-state index < -0.39 is 0 Å². The van der Waals surface area contributed by atoms with Gasteiger partial charge in [-0.15, -0.1) is 0 Å². The molecule has 82 heavy (non-hydrogen) atoms. The Morgan fingerprint density at radius 3 is 1.27 bits per heavy atom. The third kappa shape index (κ3) is 9.23. The highest BCUT2D eigenvalue weighted by Gasteiger charge is 2.28. The average molecular weight is 1060 g/mol. The molecule has 0 aliphatic carbocycles. The Balaban J connectivity index is 1.06. The predicted octanol–water partition coefficient (Wildman–Crippen LogP) is 23.0. The van der Waals surface area contributed by atoms with Crippen LogP contribution in [0.4, 0.5) is 17.1 Å². The van der Waals surface area contributed by atoms with Crippen LogP contribution in [0.1, 0.15) is 105 Å². The van der Waals surface area contributed by atoms with Crippen LogP contribution >= 0.6 is 0 Å². The third-order valence-electron chi connectivity index (χ3n) is 17.4. The molecule has 2 heteroatoms. The number of anilines is 3. The van der Waals surface area contributed by atoms with Gasteiger partial charge in [-0.2, -0.15) is 0 Å². The van der Waals surface area contributed by atoms with Gasteiger partial charge in [0.1, 0.15) is 0 Å². The normalized spacial score (nSPS) is 12.6. The number of hydrogen-bond donors (Lipinski definition) is 0. The molecule has 0 saturated heterocycles. The third-order valence-corrected chi connectivity index (χ3v) is 17.4. The molecule has 12 aromatic carbocycles. The van der Waals surface area contributed by atoms with Crippen LogP contribution in [0.25, 0.3) is 104 Å². The van der Waals surface area contributed by atoms with Crippen LogP contribution in [-0.2, 0) is 21.7 Å². The molecule has 0 aliphatic rings. The number of nitrogens with zero attached hydrogens (tertiary/aromatic N) is 2. The van der Waals surface area contributed by atoms with Gasteiger partial charge >= 0.3 is 0 Å². The summed E-state index contributed by atoms with van der Waals surface area (Å²) in [6, 6.07) is 87.7. The summed E-state index contributed by atoms with van der Waals surface area (Å²) in [6.07, 6.45) is 0. The van der Waals surface area contributed by atoms with Crippen LogP contribution in [0, 0.1) is 0 Å². The van der Waals surface area contributed by atoms with Gasteiger partial charge in [0.2, 0.25) is 0 Å². The zero-order chi connectivity index (χ0) is 57.0. The highest BCUT2D eigenvalue weighted by molar-refractivity contribution is 6.28. The van der Waals surface area contributed by atoms with Crippen LogP contribution in [0.2, 0.25) is 0 Å². The van der Waals surface area contributed by atoms with Crippen molar-refractivity contribution in [3.8, 4) is 50.2 Å². The number of hydrogen-bond acceptors (Lipinski definition) is 1. The van der Waals surface area contributed by atoms with Crippen LogP contribution < -0.4 is 4.90 Å². The molecule has 0 spiro atoms. The number of aromatic nitrogens is 1. The van der Waals surface area contributed by atoms with E-state index in [0.717, 1.165) is 17.1 Å². The van der Waals surface area contributed by atoms with Crippen molar-refractivity contribution >= 4 is 71.2 Å². The van der Waals surface area contributed by atoms with E-state index in [0.29, 0.717) is 0 Å². The summed E-state index contributed by atoms with van der Waals surface area (Å²) in [7, 11) is 0. The minimum absolute atomic E-state index is 0.0776. The smallest absolute Gasteiger partial charge is 0.0543 e. The van der Waals surface area contributed by atoms with E-state index in [1.807, 2.05) is 0 Å². The molecule has 0 saturated carbocycles. The van der Waals surface area contributed by atoms with Crippen molar-refractivity contribution in [2.45, 2.75) is 105 Å². The SMILES string of the molecule is CC(C)(C)c1ccc(-c2ccc3c(c2)c2cc(-c4ccc(C(C)(C)C)cc4)ccc2n3-c2ccc3ccc4c(N(c5ccc(-c6ccccc6)c(C(C)(C)C)c5)c5cc(C(C)(C)C)ccc5-c5ccccc5)ccc5ccc2c3c54)cc1. The highest BCUT2D eigenvalue weighted by Crippen LogP contribution is 2.50. The minimum Gasteiger partial charge on any atom is -0.309 e. The van der Waals surface area contributed by atoms with E-state index in [9.17, 15) is 0 Å². The van der Waals surface area contributed by atoms with Gasteiger partial charge in [0, 0.05) is 32.8 Å². The lowest BCUT2D eigenvalue weighted by atomic mass is 9.81. The van der Waals surface area contributed by atoms with E-state index in [2.05, 4.69) is 323 Å². The minimum atomic E-state index is -0.146. The molecule has 0 bridgehead atoms. The van der Waals surface area contributed by atoms with Crippen LogP contribution in [0.15, 0.2) is 231 Å². The number of rotatable bonds is 8. The second-order valence-corrected chi connectivity index (χ2v) is 27.1. The van der Waals surface area contributed by atoms with Gasteiger partial charge in [-0.1, -0.05) is 259 Å². The molecule has 0 amide bonds. The second kappa shape index (κ2) is 19.5. The zero-order valence-electron chi connectivity index (χ0n) is 49.8. The molecule has 0 aliphatic heterocycles. The van der Waals surface area contributed by atoms with E-state index in [1.54, 1.807) is 0 Å². The van der Waals surface area contributed by atoms with Crippen molar-refractivity contribution in [3.63, 3.8) is 0 Å². The van der Waals surface area contributed by atoms with Crippen LogP contribution in [-0.4, -0.2) is 4.57 Å². The van der Waals surface area contributed by atoms with Gasteiger partial charge < -0.3 is 9.47 Å². The monoisotopic (exact) mass is 1060 g/mol. The first-order valence-electron chi connectivity index (χ1n) is 29.4. The Kier molecular flexibility index (Phi) is 12.5. The fourth-order valence-electron chi connectivity index (χ4n) is 12.7. The summed E-state index contributed by atoms with van der Waals surface area (Å²) in [6.45, 7) is 27.7. The van der Waals surface area contributed by atoms with E-state index in [1.165, 1.54) is 127 Å². The Labute approximate surface area is 485 Å². The quantitative estimate of drug-likeness (QED) is 0.138. The molecule has 13 rings (SSSR count). The summed E-state index contributed by atoms with van der Waals surface area (Å²) in [4.78, 5) is 2.57. The fraction of sp³-hybridized carbons (Fsp3) is 0.200. The summed E-state index contributed by atoms with van der Waals surface area (Å²) < 4.78 is 2.54. The van der Waals surface area contributed by atoms with Gasteiger partial charge in [0.15, 0.2) is 0 Å². The maximum absolute atomic E-state index is 2.57. The van der Waals surface area contributed by atoms with Gasteiger partial charge in [0.25, 0.3) is 0 Å². The predicted molar refractivity (Wildman–Crippen MR) is 356 cm³/mol. The van der Waals surface area contributed by atoms with Crippen molar-refractivity contribution in [2.24, 2.45) is 0 Å². The van der Waals surface area contributed by atoms with Crippen molar-refractivity contribution in [2.75, 3.05) is 4.90 Å². The molecular weight excluding hydrogens is 989 g/mol. The molecule has 404 valence electrons. The molecule has 0 atom stereocenters. The summed E-state index contributed by atoms with van der Waals surface area (Å²) in [5.41, 5.74) is 21.9. The first-order chi connectivity index (χ1) is 39.2. The first kappa shape index (κ1) is 52.6. The average Bonchev–Trinajstić information content (AvgIpc) is 3.63. The Morgan fingerprint density at radius 1 is 0.293 bits per heavy atom. The number of fused-ring (bicyclic) bond motifs is 3. The maximum atomic E-state index is 2.57. The molecule has 0 fully saturated rings. The largest absolute Gasteiger partial charge is 0.309 e. The molecule has 0 radical (unpaired) electrons. The first-order valence-corrected chi connectivity index (χ1v) is 29.4. The molecule has 0 unspecified atom stereocenters. The second-order valence-electron chi connectivity index (χ2n) is 27.1. The maximum Gasteiger partial charge on any atom is 0.0543 e. The van der Waals surface area contributed by atoms with Crippen LogP contribution in [0.3, 0.4) is 0 Å². The van der Waals surface area contributed by atoms with Crippen molar-refractivity contribution in [1.29, 1.82) is 0 Å². The molecule has 2 nitrogen and oxygen atoms in total. The summed E-state index contributed by atoms with van der Waals surface area (Å²) >= 11 is 0. The Hall–Kier alpha value is -8.72. The Bertz CT molecular complexity index is 4430. The van der Waals surface area contributed by atoms with Crippen molar-refractivity contribution in [3.05, 3.63) is 253 Å². The van der Waals surface area contributed by atoms with Gasteiger partial charge in [-0.05, 0) is 159 Å². The lowest BCUT2D eigenvalue weighted by molar-refractivity contribution is 0.590. The number of benzene rings is 12. The lowest BCUT2D eigenvalue weighted by Crippen LogP contribution is -2.18. The molecule has 1 heterocycles. The van der Waals surface area contributed by atoms with E-state index in [-0.39, 0.29) is 21.7 Å². The van der Waals surface area contributed by atoms with Gasteiger partial charge in [0.05, 0.1) is 28.1 Å². The van der Waals surface area contributed by atoms with E-state index in [4.69, 9.17) is 0 Å². The van der Waals surface area contributed by atoms with Gasteiger partial charge in [-0.25, -0.2) is 0 Å². The zero-order valence-corrected chi connectivity index (χ0v) is 49.8. The van der Waals surface area contributed by atoms with E-state index >= 15 is 0 Å². The van der Waals surface area contributed by atoms with Crippen molar-refractivity contribution < 1.29 is 0 Å². The topological polar surface area (TPSA) is 8.17 Å². The molecule has 0 N–H and O–H groups in total. The highest BCUT2D eigenvalue weighted by atomic mass is 15.1. The Morgan fingerprint density at radius 2 is 0.744 bits per heavy atom. The fourth-order valence-corrected chi connectivity index (χ4v) is 12.7. The van der Waals surface area contributed by atoms with Gasteiger partial charge in [-0.3, -0.25) is 0 Å². The molecule has 13 aromatic rings. The summed E-state index contributed by atoms with van der Waals surface area (Å²) in [5.74, 6) is 0.